The van der Waals surface area contributed by atoms with Crippen molar-refractivity contribution in [2.45, 2.75) is 6.92 Å². The van der Waals surface area contributed by atoms with E-state index in [4.69, 9.17) is 0 Å². The lowest BCUT2D eigenvalue weighted by atomic mass is 10.1. The first kappa shape index (κ1) is 16.6. The summed E-state index contributed by atoms with van der Waals surface area (Å²) in [6.07, 6.45) is 7.42. The summed E-state index contributed by atoms with van der Waals surface area (Å²) >= 11 is 1.41. The van der Waals surface area contributed by atoms with Gasteiger partial charge in [-0.3, -0.25) is 14.7 Å². The van der Waals surface area contributed by atoms with E-state index < -0.39 is 0 Å². The molecule has 0 spiro atoms. The number of pyridine rings is 1. The van der Waals surface area contributed by atoms with Crippen LogP contribution in [0.15, 0.2) is 64.9 Å². The van der Waals surface area contributed by atoms with Gasteiger partial charge >= 0.3 is 0 Å². The molecule has 1 aromatic carbocycles. The van der Waals surface area contributed by atoms with Crippen LogP contribution in [-0.2, 0) is 11.8 Å². The number of fused-ring (bicyclic) bond motifs is 1. The lowest BCUT2D eigenvalue weighted by molar-refractivity contribution is -0.122. The van der Waals surface area contributed by atoms with Crippen LogP contribution in [0.25, 0.3) is 17.0 Å². The molecule has 2 aromatic heterocycles. The number of amides is 1. The van der Waals surface area contributed by atoms with Crippen molar-refractivity contribution < 1.29 is 4.79 Å². The molecule has 4 rings (SSSR count). The minimum Gasteiger partial charge on any atom is -0.350 e. The van der Waals surface area contributed by atoms with Crippen LogP contribution < -0.4 is 0 Å². The van der Waals surface area contributed by atoms with Crippen molar-refractivity contribution in [3.05, 3.63) is 65.5 Å². The fourth-order valence-corrected chi connectivity index (χ4v) is 4.08. The van der Waals surface area contributed by atoms with Crippen molar-refractivity contribution in [2.75, 3.05) is 6.54 Å². The Morgan fingerprint density at radius 2 is 2.08 bits per heavy atom. The minimum absolute atomic E-state index is 0.00641. The van der Waals surface area contributed by atoms with Crippen LogP contribution in [0.3, 0.4) is 0 Å². The third-order valence-corrected chi connectivity index (χ3v) is 5.30. The number of hydrogen-bond donors (Lipinski definition) is 0. The van der Waals surface area contributed by atoms with Crippen LogP contribution in [0, 0.1) is 0 Å². The summed E-state index contributed by atoms with van der Waals surface area (Å²) in [5.74, 6) is -0.00641. The second kappa shape index (κ2) is 6.80. The first-order valence-corrected chi connectivity index (χ1v) is 9.23. The molecule has 3 aromatic rings. The van der Waals surface area contributed by atoms with Gasteiger partial charge in [0.1, 0.15) is 0 Å². The number of aliphatic imine (C=N–C) groups is 1. The number of carbonyl (C=O) groups excluding carboxylic acids is 1. The molecule has 1 fully saturated rings. The van der Waals surface area contributed by atoms with E-state index in [1.54, 1.807) is 17.3 Å². The minimum atomic E-state index is -0.00641. The Labute approximate surface area is 156 Å². The fraction of sp³-hybridized carbons (Fsp3) is 0.150. The molecule has 5 nitrogen and oxygen atoms in total. The highest BCUT2D eigenvalue weighted by molar-refractivity contribution is 8.18. The summed E-state index contributed by atoms with van der Waals surface area (Å²) < 4.78 is 2.08. The van der Waals surface area contributed by atoms with Gasteiger partial charge in [-0.1, -0.05) is 18.2 Å². The summed E-state index contributed by atoms with van der Waals surface area (Å²) in [6, 6.07) is 11.9. The number of rotatable bonds is 3. The monoisotopic (exact) mass is 362 g/mol. The van der Waals surface area contributed by atoms with Gasteiger partial charge in [0, 0.05) is 42.5 Å². The highest BCUT2D eigenvalue weighted by atomic mass is 32.2. The van der Waals surface area contributed by atoms with Crippen LogP contribution >= 0.6 is 11.8 Å². The summed E-state index contributed by atoms with van der Waals surface area (Å²) in [5.41, 5.74) is 2.93. The highest BCUT2D eigenvalue weighted by Crippen LogP contribution is 2.35. The zero-order valence-electron chi connectivity index (χ0n) is 14.6. The number of likely N-dealkylation sites (N-methyl/N-ethyl adjacent to an activating group) is 1. The van der Waals surface area contributed by atoms with Crippen LogP contribution in [-0.4, -0.2) is 32.1 Å². The van der Waals surface area contributed by atoms with E-state index in [1.807, 2.05) is 44.3 Å². The molecule has 1 amide bonds. The number of aryl methyl sites for hydroxylation is 1. The van der Waals surface area contributed by atoms with Crippen LogP contribution in [0.2, 0.25) is 0 Å². The second-order valence-corrected chi connectivity index (χ2v) is 6.99. The molecule has 0 bridgehead atoms. The van der Waals surface area contributed by atoms with Crippen molar-refractivity contribution in [2.24, 2.45) is 12.0 Å². The number of benzene rings is 1. The molecule has 3 heterocycles. The Morgan fingerprint density at radius 1 is 1.23 bits per heavy atom. The lowest BCUT2D eigenvalue weighted by Gasteiger charge is -2.11. The molecule has 6 heteroatoms. The molecule has 0 saturated carbocycles. The van der Waals surface area contributed by atoms with Crippen molar-refractivity contribution in [1.29, 1.82) is 0 Å². The smallest absolute Gasteiger partial charge is 0.266 e. The second-order valence-electron chi connectivity index (χ2n) is 5.98. The predicted molar refractivity (Wildman–Crippen MR) is 107 cm³/mol. The topological polar surface area (TPSA) is 50.5 Å². The first-order chi connectivity index (χ1) is 12.7. The number of carbonyl (C=O) groups is 1. The molecule has 1 saturated heterocycles. The van der Waals surface area contributed by atoms with E-state index in [2.05, 4.69) is 32.9 Å². The van der Waals surface area contributed by atoms with E-state index >= 15 is 0 Å². The normalized spacial score (nSPS) is 17.8. The van der Waals surface area contributed by atoms with E-state index in [1.165, 1.54) is 11.8 Å². The average Bonchev–Trinajstić information content (AvgIpc) is 3.13. The Balaban J connectivity index is 1.74. The number of hydrogen-bond acceptors (Lipinski definition) is 4. The maximum atomic E-state index is 12.8. The molecular formula is C20H18N4OS. The van der Waals surface area contributed by atoms with Crippen molar-refractivity contribution in [3.8, 4) is 0 Å². The van der Waals surface area contributed by atoms with Crippen molar-refractivity contribution in [1.82, 2.24) is 14.5 Å². The average molecular weight is 362 g/mol. The van der Waals surface area contributed by atoms with E-state index in [9.17, 15) is 4.79 Å². The number of amidine groups is 1. The summed E-state index contributed by atoms with van der Waals surface area (Å²) in [5, 5.41) is 1.83. The molecule has 26 heavy (non-hydrogen) atoms. The Hall–Kier alpha value is -2.86. The first-order valence-electron chi connectivity index (χ1n) is 8.41. The summed E-state index contributed by atoms with van der Waals surface area (Å²) in [6.45, 7) is 2.54. The zero-order valence-corrected chi connectivity index (χ0v) is 15.4. The van der Waals surface area contributed by atoms with Crippen molar-refractivity contribution >= 4 is 45.5 Å². The Bertz CT molecular complexity index is 1040. The SMILES string of the molecule is CCN1C(=O)/C(=C/c2cn(C)c3ccccc23)SC1=Nc1cccnc1. The van der Waals surface area contributed by atoms with Gasteiger partial charge in [0.05, 0.1) is 16.8 Å². The summed E-state index contributed by atoms with van der Waals surface area (Å²) in [4.78, 5) is 23.9. The molecule has 0 atom stereocenters. The Kier molecular flexibility index (Phi) is 4.34. The number of para-hydroxylation sites is 1. The molecule has 0 N–H and O–H groups in total. The van der Waals surface area contributed by atoms with Gasteiger partial charge in [0.15, 0.2) is 5.17 Å². The third kappa shape index (κ3) is 2.93. The fourth-order valence-electron chi connectivity index (χ4n) is 3.03. The van der Waals surface area contributed by atoms with Gasteiger partial charge in [-0.15, -0.1) is 0 Å². The maximum absolute atomic E-state index is 12.8. The number of nitrogens with zero attached hydrogens (tertiary/aromatic N) is 4. The quantitative estimate of drug-likeness (QED) is 0.656. The maximum Gasteiger partial charge on any atom is 0.266 e. The van der Waals surface area contributed by atoms with E-state index in [0.717, 1.165) is 22.2 Å². The molecule has 1 aliphatic rings. The zero-order chi connectivity index (χ0) is 18.1. The molecule has 0 aliphatic carbocycles. The van der Waals surface area contributed by atoms with Gasteiger partial charge in [0.25, 0.3) is 5.91 Å². The number of aromatic nitrogens is 2. The predicted octanol–water partition coefficient (Wildman–Crippen LogP) is 4.20. The van der Waals surface area contributed by atoms with Crippen molar-refractivity contribution in [3.63, 3.8) is 0 Å². The van der Waals surface area contributed by atoms with Gasteiger partial charge < -0.3 is 4.57 Å². The Morgan fingerprint density at radius 3 is 2.85 bits per heavy atom. The largest absolute Gasteiger partial charge is 0.350 e. The molecule has 0 radical (unpaired) electrons. The molecule has 0 unspecified atom stereocenters. The van der Waals surface area contributed by atoms with Gasteiger partial charge in [-0.2, -0.15) is 0 Å². The molecular weight excluding hydrogens is 344 g/mol. The van der Waals surface area contributed by atoms with Crippen LogP contribution in [0.4, 0.5) is 5.69 Å². The van der Waals surface area contributed by atoms with Gasteiger partial charge in [-0.25, -0.2) is 4.99 Å². The van der Waals surface area contributed by atoms with Gasteiger partial charge in [-0.05, 0) is 43.0 Å². The van der Waals surface area contributed by atoms with E-state index in [0.29, 0.717) is 16.6 Å². The highest BCUT2D eigenvalue weighted by Gasteiger charge is 2.32. The van der Waals surface area contributed by atoms with Gasteiger partial charge in [0.2, 0.25) is 0 Å². The number of thioether (sulfide) groups is 1. The van der Waals surface area contributed by atoms with Crippen LogP contribution in [0.1, 0.15) is 12.5 Å². The molecule has 130 valence electrons. The van der Waals surface area contributed by atoms with E-state index in [-0.39, 0.29) is 5.91 Å². The van der Waals surface area contributed by atoms with Crippen LogP contribution in [0.5, 0.6) is 0 Å². The molecule has 1 aliphatic heterocycles. The summed E-state index contributed by atoms with van der Waals surface area (Å²) in [7, 11) is 2.02. The lowest BCUT2D eigenvalue weighted by Crippen LogP contribution is -2.28. The standard InChI is InChI=1S/C20H18N4OS/c1-3-24-19(25)18(26-20(24)22-15-7-6-10-21-12-15)11-14-13-23(2)17-9-5-4-8-16(14)17/h4-13H,3H2,1-2H3/b18-11-,22-20?. The third-order valence-electron chi connectivity index (χ3n) is 4.29.